The lowest BCUT2D eigenvalue weighted by Gasteiger charge is -2.19. The van der Waals surface area contributed by atoms with E-state index >= 15 is 0 Å². The van der Waals surface area contributed by atoms with Crippen LogP contribution in [0.2, 0.25) is 0 Å². The van der Waals surface area contributed by atoms with Gasteiger partial charge in [0.1, 0.15) is 0 Å². The number of benzene rings is 1. The Kier molecular flexibility index (Phi) is 5.33. The summed E-state index contributed by atoms with van der Waals surface area (Å²) >= 11 is 2.80. The fourth-order valence-corrected chi connectivity index (χ4v) is 3.69. The topological polar surface area (TPSA) is 85.8 Å². The number of aromatic nitrogens is 3. The second kappa shape index (κ2) is 7.51. The van der Waals surface area contributed by atoms with Crippen molar-refractivity contribution < 1.29 is 4.79 Å². The quantitative estimate of drug-likeness (QED) is 0.514. The molecule has 2 heterocycles. The largest absolute Gasteiger partial charge is 0.335 e. The van der Waals surface area contributed by atoms with Gasteiger partial charge in [-0.2, -0.15) is 0 Å². The van der Waals surface area contributed by atoms with Crippen molar-refractivity contribution in [1.29, 1.82) is 0 Å². The molecule has 3 N–H and O–H groups in total. The first-order valence-corrected chi connectivity index (χ1v) is 9.98. The lowest BCUT2D eigenvalue weighted by atomic mass is 9.87. The molecule has 0 radical (unpaired) electrons. The molecule has 3 rings (SSSR count). The van der Waals surface area contributed by atoms with Gasteiger partial charge in [-0.05, 0) is 34.6 Å². The zero-order valence-electron chi connectivity index (χ0n) is 14.9. The summed E-state index contributed by atoms with van der Waals surface area (Å²) in [6, 6.07) is 11.8. The highest BCUT2D eigenvalue weighted by molar-refractivity contribution is 7.99. The molecule has 26 heavy (non-hydrogen) atoms. The van der Waals surface area contributed by atoms with Crippen LogP contribution < -0.4 is 11.2 Å². The van der Waals surface area contributed by atoms with Gasteiger partial charge < -0.3 is 11.2 Å². The molecular weight excluding hydrogens is 366 g/mol. The van der Waals surface area contributed by atoms with Crippen molar-refractivity contribution >= 4 is 34.7 Å². The molecule has 0 bridgehead atoms. The number of hydrogen-bond donors (Lipinski definition) is 2. The first-order chi connectivity index (χ1) is 12.3. The van der Waals surface area contributed by atoms with Crippen molar-refractivity contribution in [1.82, 2.24) is 14.9 Å². The van der Waals surface area contributed by atoms with Gasteiger partial charge in [0.2, 0.25) is 11.1 Å². The van der Waals surface area contributed by atoms with E-state index in [0.29, 0.717) is 11.0 Å². The van der Waals surface area contributed by atoms with Crippen LogP contribution in [0.3, 0.4) is 0 Å². The van der Waals surface area contributed by atoms with Crippen LogP contribution in [0.5, 0.6) is 0 Å². The van der Waals surface area contributed by atoms with E-state index in [1.54, 1.807) is 11.3 Å². The summed E-state index contributed by atoms with van der Waals surface area (Å²) in [5.74, 6) is 6.73. The number of nitrogens with two attached hydrogens (primary N) is 1. The van der Waals surface area contributed by atoms with E-state index in [1.165, 1.54) is 22.0 Å². The van der Waals surface area contributed by atoms with Gasteiger partial charge >= 0.3 is 0 Å². The number of nitrogens with one attached hydrogen (secondary N) is 1. The number of thiophene rings is 1. The van der Waals surface area contributed by atoms with Gasteiger partial charge in [-0.15, -0.1) is 21.5 Å². The Morgan fingerprint density at radius 3 is 2.58 bits per heavy atom. The van der Waals surface area contributed by atoms with Crippen LogP contribution in [0.4, 0.5) is 5.69 Å². The number of nitrogens with zero attached hydrogens (tertiary/aromatic N) is 3. The molecule has 0 saturated carbocycles. The van der Waals surface area contributed by atoms with Crippen LogP contribution in [0.25, 0.3) is 10.7 Å². The molecule has 1 aromatic carbocycles. The summed E-state index contributed by atoms with van der Waals surface area (Å²) in [6.07, 6.45) is 0. The summed E-state index contributed by atoms with van der Waals surface area (Å²) < 4.78 is 1.42. The Balaban J connectivity index is 1.58. The fraction of sp³-hybridized carbons (Fsp3) is 0.278. The zero-order chi connectivity index (χ0) is 18.7. The van der Waals surface area contributed by atoms with Crippen molar-refractivity contribution in [3.8, 4) is 10.7 Å². The minimum absolute atomic E-state index is 0.0872. The zero-order valence-corrected chi connectivity index (χ0v) is 16.5. The summed E-state index contributed by atoms with van der Waals surface area (Å²) in [7, 11) is 0. The molecule has 136 valence electrons. The van der Waals surface area contributed by atoms with E-state index < -0.39 is 0 Å². The van der Waals surface area contributed by atoms with Crippen LogP contribution in [-0.4, -0.2) is 26.5 Å². The van der Waals surface area contributed by atoms with E-state index in [9.17, 15) is 4.79 Å². The van der Waals surface area contributed by atoms with Gasteiger partial charge in [-0.25, -0.2) is 4.68 Å². The number of rotatable bonds is 5. The number of anilines is 1. The standard InChI is InChI=1S/C18H21N5OS2/c1-18(2,3)12-6-8-13(9-7-12)20-15(24)11-26-17-22-21-16(23(17)19)14-5-4-10-25-14/h4-10H,11,19H2,1-3H3,(H,20,24). The van der Waals surface area contributed by atoms with E-state index in [1.807, 2.05) is 41.8 Å². The van der Waals surface area contributed by atoms with Crippen molar-refractivity contribution in [2.45, 2.75) is 31.3 Å². The molecule has 0 saturated heterocycles. The van der Waals surface area contributed by atoms with Gasteiger partial charge in [0.25, 0.3) is 0 Å². The summed E-state index contributed by atoms with van der Waals surface area (Å²) in [5, 5.41) is 13.5. The van der Waals surface area contributed by atoms with Gasteiger partial charge in [0.05, 0.1) is 10.6 Å². The highest BCUT2D eigenvalue weighted by atomic mass is 32.2. The number of amides is 1. The molecular formula is C18H21N5OS2. The Hall–Kier alpha value is -2.32. The van der Waals surface area contributed by atoms with E-state index in [0.717, 1.165) is 10.6 Å². The average Bonchev–Trinajstić information content (AvgIpc) is 3.22. The Bertz CT molecular complexity index is 879. The monoisotopic (exact) mass is 387 g/mol. The highest BCUT2D eigenvalue weighted by Gasteiger charge is 2.15. The molecule has 1 amide bonds. The number of carbonyl (C=O) groups is 1. The molecule has 0 spiro atoms. The minimum Gasteiger partial charge on any atom is -0.335 e. The predicted molar refractivity (Wildman–Crippen MR) is 108 cm³/mol. The summed E-state index contributed by atoms with van der Waals surface area (Å²) in [5.41, 5.74) is 2.09. The number of carbonyl (C=O) groups excluding carboxylic acids is 1. The highest BCUT2D eigenvalue weighted by Crippen LogP contribution is 2.26. The predicted octanol–water partition coefficient (Wildman–Crippen LogP) is 3.75. The van der Waals surface area contributed by atoms with Gasteiger partial charge in [-0.3, -0.25) is 4.79 Å². The Morgan fingerprint density at radius 1 is 1.23 bits per heavy atom. The van der Waals surface area contributed by atoms with Crippen molar-refractivity contribution in [2.24, 2.45) is 0 Å². The molecule has 0 fully saturated rings. The first-order valence-electron chi connectivity index (χ1n) is 8.12. The molecule has 0 aliphatic rings. The molecule has 0 atom stereocenters. The van der Waals surface area contributed by atoms with Crippen LogP contribution in [-0.2, 0) is 10.2 Å². The number of hydrogen-bond acceptors (Lipinski definition) is 6. The Labute approximate surface area is 160 Å². The van der Waals surface area contributed by atoms with Crippen LogP contribution >= 0.6 is 23.1 Å². The molecule has 6 nitrogen and oxygen atoms in total. The number of nitrogen functional groups attached to an aromatic ring is 1. The van der Waals surface area contributed by atoms with E-state index in [4.69, 9.17) is 5.84 Å². The van der Waals surface area contributed by atoms with Crippen molar-refractivity contribution in [2.75, 3.05) is 16.9 Å². The molecule has 2 aromatic heterocycles. The molecule has 0 aliphatic carbocycles. The second-order valence-corrected chi connectivity index (χ2v) is 8.71. The van der Waals surface area contributed by atoms with Crippen LogP contribution in [0.1, 0.15) is 26.3 Å². The van der Waals surface area contributed by atoms with Gasteiger partial charge in [-0.1, -0.05) is 50.7 Å². The molecule has 0 aliphatic heterocycles. The summed E-state index contributed by atoms with van der Waals surface area (Å²) in [4.78, 5) is 13.1. The SMILES string of the molecule is CC(C)(C)c1ccc(NC(=O)CSc2nnc(-c3cccs3)n2N)cc1. The van der Waals surface area contributed by atoms with Crippen LogP contribution in [0.15, 0.2) is 46.9 Å². The normalized spacial score (nSPS) is 11.5. The molecule has 0 unspecified atom stereocenters. The molecule has 8 heteroatoms. The molecule has 3 aromatic rings. The van der Waals surface area contributed by atoms with Crippen molar-refractivity contribution in [3.63, 3.8) is 0 Å². The maximum absolute atomic E-state index is 12.2. The average molecular weight is 388 g/mol. The first kappa shape index (κ1) is 18.5. The lowest BCUT2D eigenvalue weighted by molar-refractivity contribution is -0.113. The third-order valence-electron chi connectivity index (χ3n) is 3.77. The van der Waals surface area contributed by atoms with Gasteiger partial charge in [0.15, 0.2) is 5.82 Å². The number of thioether (sulfide) groups is 1. The smallest absolute Gasteiger partial charge is 0.234 e. The third-order valence-corrected chi connectivity index (χ3v) is 5.58. The second-order valence-electron chi connectivity index (χ2n) is 6.82. The minimum atomic E-state index is -0.112. The van der Waals surface area contributed by atoms with E-state index in [-0.39, 0.29) is 17.1 Å². The maximum Gasteiger partial charge on any atom is 0.234 e. The van der Waals surface area contributed by atoms with Gasteiger partial charge in [0, 0.05) is 5.69 Å². The summed E-state index contributed by atoms with van der Waals surface area (Å²) in [6.45, 7) is 6.47. The maximum atomic E-state index is 12.2. The van der Waals surface area contributed by atoms with Crippen LogP contribution in [0, 0.1) is 0 Å². The van der Waals surface area contributed by atoms with E-state index in [2.05, 4.69) is 36.3 Å². The Morgan fingerprint density at radius 2 is 1.96 bits per heavy atom. The third kappa shape index (κ3) is 4.25. The lowest BCUT2D eigenvalue weighted by Crippen LogP contribution is -2.16. The fourth-order valence-electron chi connectivity index (χ4n) is 2.33. The van der Waals surface area contributed by atoms with Crippen molar-refractivity contribution in [3.05, 3.63) is 47.3 Å².